The Hall–Kier alpha value is -0.380. The van der Waals surface area contributed by atoms with Crippen molar-refractivity contribution < 1.29 is 30.7 Å². The van der Waals surface area contributed by atoms with Gasteiger partial charge in [-0.05, 0) is 7.05 Å². The van der Waals surface area contributed by atoms with Gasteiger partial charge in [-0.2, -0.15) is 13.2 Å². The molecule has 3 rings (SSSR count). The van der Waals surface area contributed by atoms with Gasteiger partial charge in [0, 0.05) is 0 Å². The van der Waals surface area contributed by atoms with Crippen LogP contribution in [0.3, 0.4) is 0 Å². The molecule has 15 heteroatoms. The number of rotatable bonds is 0. The lowest BCUT2D eigenvalue weighted by molar-refractivity contribution is -0.621. The molecule has 0 unspecified atom stereocenters. The second-order valence-corrected chi connectivity index (χ2v) is 9.36. The standard InChI is InChI=1S/C6H5ClN3S4.CHF3O3S/c1-10-5-3(11-13-8-5)2(7)4-6(10)9-14-12-4;2-1(3,4)8(5,6)7/h13-14H,1H3;(H,5,6,7)/q+1;/p-1. The maximum atomic E-state index is 10.7. The van der Waals surface area contributed by atoms with E-state index in [1.807, 2.05) is 11.6 Å². The number of aryl methyl sites for hydroxylation is 1. The van der Waals surface area contributed by atoms with E-state index in [9.17, 15) is 13.2 Å². The first-order chi connectivity index (χ1) is 10.0. The van der Waals surface area contributed by atoms with Crippen LogP contribution in [0.15, 0.2) is 0 Å². The van der Waals surface area contributed by atoms with Crippen LogP contribution in [0.2, 0.25) is 5.02 Å². The first kappa shape index (κ1) is 18.0. The molecule has 0 aromatic carbocycles. The van der Waals surface area contributed by atoms with Crippen LogP contribution >= 0.6 is 53.4 Å². The average molecular weight is 432 g/mol. The molecule has 0 aliphatic rings. The highest BCUT2D eigenvalue weighted by molar-refractivity contribution is 7.86. The Labute approximate surface area is 140 Å². The lowest BCUT2D eigenvalue weighted by Crippen LogP contribution is -2.31. The minimum Gasteiger partial charge on any atom is -0.741 e. The van der Waals surface area contributed by atoms with Crippen LogP contribution in [-0.2, 0) is 17.2 Å². The maximum Gasteiger partial charge on any atom is 0.485 e. The molecule has 0 amide bonds. The molecule has 124 valence electrons. The number of fused-ring (bicyclic) bond motifs is 2. The van der Waals surface area contributed by atoms with Gasteiger partial charge >= 0.3 is 5.51 Å². The zero-order valence-electron chi connectivity index (χ0n) is 10.2. The highest BCUT2D eigenvalue weighted by Gasteiger charge is 2.36. The second-order valence-electron chi connectivity index (χ2n) is 3.62. The number of halogens is 4. The minimum absolute atomic E-state index is 0.825. The van der Waals surface area contributed by atoms with E-state index in [2.05, 4.69) is 8.75 Å². The zero-order chi connectivity index (χ0) is 16.7. The fourth-order valence-corrected chi connectivity index (χ4v) is 6.21. The van der Waals surface area contributed by atoms with Crippen molar-refractivity contribution in [3.05, 3.63) is 5.02 Å². The largest absolute Gasteiger partial charge is 0.741 e. The Bertz CT molecular complexity index is 835. The molecule has 0 N–H and O–H groups in total. The van der Waals surface area contributed by atoms with Crippen molar-refractivity contribution >= 4 is 84.2 Å². The zero-order valence-corrected chi connectivity index (χ0v) is 15.2. The van der Waals surface area contributed by atoms with Crippen LogP contribution in [0, 0.1) is 0 Å². The van der Waals surface area contributed by atoms with E-state index in [0.29, 0.717) is 0 Å². The lowest BCUT2D eigenvalue weighted by Gasteiger charge is -2.08. The summed E-state index contributed by atoms with van der Waals surface area (Å²) in [4.78, 5) is 0. The third-order valence-electron chi connectivity index (χ3n) is 2.26. The van der Waals surface area contributed by atoms with E-state index in [1.165, 1.54) is 0 Å². The number of alkyl halides is 3. The summed E-state index contributed by atoms with van der Waals surface area (Å²) in [7, 11) is 1.25. The summed E-state index contributed by atoms with van der Waals surface area (Å²) in [5, 5.41) is 0.825. The van der Waals surface area contributed by atoms with Gasteiger partial charge in [-0.3, -0.25) is 0 Å². The predicted molar refractivity (Wildman–Crippen MR) is 82.0 cm³/mol. The van der Waals surface area contributed by atoms with Crippen LogP contribution in [0.4, 0.5) is 13.2 Å². The van der Waals surface area contributed by atoms with Crippen LogP contribution in [0.1, 0.15) is 0 Å². The molecule has 0 aliphatic carbocycles. The third kappa shape index (κ3) is 3.42. The number of nitrogens with zero attached hydrogens (tertiary/aromatic N) is 3. The summed E-state index contributed by atoms with van der Waals surface area (Å²) in [5.74, 6) is 0. The first-order valence-corrected chi connectivity index (χ1v) is 11.3. The number of aromatic nitrogens is 3. The smallest absolute Gasteiger partial charge is 0.485 e. The number of hydrogen-bond donors (Lipinski definition) is 0. The van der Waals surface area contributed by atoms with Gasteiger partial charge in [-0.1, -0.05) is 11.6 Å². The fourth-order valence-electron chi connectivity index (χ4n) is 1.29. The van der Waals surface area contributed by atoms with E-state index in [0.717, 1.165) is 46.8 Å². The van der Waals surface area contributed by atoms with Gasteiger partial charge in [-0.25, -0.2) is 8.42 Å². The minimum atomic E-state index is -6.09. The number of hydrogen-bond acceptors (Lipinski definition) is 5. The van der Waals surface area contributed by atoms with Crippen LogP contribution in [-0.4, -0.2) is 18.5 Å². The highest BCUT2D eigenvalue weighted by Crippen LogP contribution is 2.35. The van der Waals surface area contributed by atoms with E-state index in [-0.39, 0.29) is 0 Å². The third-order valence-corrected chi connectivity index (χ3v) is 7.35. The normalized spacial score (nSPS) is 12.5. The van der Waals surface area contributed by atoms with E-state index in [1.54, 1.807) is 20.7 Å². The monoisotopic (exact) mass is 431 g/mol. The van der Waals surface area contributed by atoms with Crippen LogP contribution in [0.25, 0.3) is 20.7 Å². The molecule has 3 aromatic heterocycles. The van der Waals surface area contributed by atoms with Crippen molar-refractivity contribution in [2.24, 2.45) is 7.05 Å². The van der Waals surface area contributed by atoms with Crippen molar-refractivity contribution in [2.45, 2.75) is 5.51 Å². The Morgan fingerprint density at radius 1 is 1.18 bits per heavy atom. The molecular weight excluding hydrogens is 427 g/mol. The van der Waals surface area contributed by atoms with Crippen LogP contribution < -0.4 is 13.3 Å². The van der Waals surface area contributed by atoms with E-state index < -0.39 is 15.6 Å². The average Bonchev–Trinajstić information content (AvgIpc) is 3.03. The molecule has 3 aromatic rings. The molecular formula is C7H5ClF3N3O3S5. The van der Waals surface area contributed by atoms with Crippen molar-refractivity contribution in [1.82, 2.24) is 8.75 Å². The van der Waals surface area contributed by atoms with E-state index in [4.69, 9.17) is 24.6 Å². The molecule has 0 spiro atoms. The van der Waals surface area contributed by atoms with Crippen molar-refractivity contribution in [2.75, 3.05) is 0 Å². The van der Waals surface area contributed by atoms with Crippen molar-refractivity contribution in [3.8, 4) is 0 Å². The first-order valence-electron chi connectivity index (χ1n) is 4.98. The quantitative estimate of drug-likeness (QED) is 0.179. The van der Waals surface area contributed by atoms with Gasteiger partial charge in [-0.15, -0.1) is 8.75 Å². The second kappa shape index (κ2) is 6.26. The summed E-state index contributed by atoms with van der Waals surface area (Å²) in [6.45, 7) is 0. The molecule has 0 saturated carbocycles. The van der Waals surface area contributed by atoms with Gasteiger partial charge in [0.1, 0.15) is 30.1 Å². The molecule has 0 atom stereocenters. The van der Waals surface area contributed by atoms with Gasteiger partial charge in [0.05, 0.1) is 37.4 Å². The van der Waals surface area contributed by atoms with Crippen molar-refractivity contribution in [1.29, 1.82) is 0 Å². The van der Waals surface area contributed by atoms with Gasteiger partial charge < -0.3 is 9.12 Å². The molecule has 0 aliphatic heterocycles. The summed E-state index contributed by atoms with van der Waals surface area (Å²) in [6, 6.07) is 0. The molecule has 22 heavy (non-hydrogen) atoms. The van der Waals surface area contributed by atoms with Gasteiger partial charge in [0.2, 0.25) is 0 Å². The fraction of sp³-hybridized carbons (Fsp3) is 0.286. The highest BCUT2D eigenvalue weighted by atomic mass is 35.5. The summed E-state index contributed by atoms with van der Waals surface area (Å²) in [6.07, 6.45) is 0. The van der Waals surface area contributed by atoms with Crippen LogP contribution in [0.5, 0.6) is 0 Å². The Morgan fingerprint density at radius 2 is 1.55 bits per heavy atom. The van der Waals surface area contributed by atoms with Gasteiger partial charge in [0.15, 0.2) is 10.1 Å². The summed E-state index contributed by atoms with van der Waals surface area (Å²) < 4.78 is 71.9. The number of pyridine rings is 1. The molecule has 0 bridgehead atoms. The summed E-state index contributed by atoms with van der Waals surface area (Å²) >= 11 is 6.29. The Morgan fingerprint density at radius 3 is 1.86 bits per heavy atom. The van der Waals surface area contributed by atoms with Gasteiger partial charge in [0.25, 0.3) is 0 Å². The molecule has 0 fully saturated rings. The topological polar surface area (TPSA) is 89.3 Å². The van der Waals surface area contributed by atoms with E-state index >= 15 is 0 Å². The maximum absolute atomic E-state index is 10.7. The molecule has 6 nitrogen and oxygen atoms in total. The summed E-state index contributed by atoms with van der Waals surface area (Å²) in [5.41, 5.74) is -3.73. The molecule has 3 heterocycles. The predicted octanol–water partition coefficient (Wildman–Crippen LogP) is 2.27. The Balaban J connectivity index is 0.000000192. The van der Waals surface area contributed by atoms with Crippen molar-refractivity contribution in [3.63, 3.8) is 0 Å². The lowest BCUT2D eigenvalue weighted by atomic mass is 10.4. The molecule has 0 saturated heterocycles. The SMILES string of the molecule is C[n+]1c2[n-][sH+]sc2c(Cl)c2s[sH+][n-]c21.O=S(=O)([O-])C(F)(F)F. The molecule has 0 radical (unpaired) electrons. The Kier molecular flexibility index (Phi) is 5.11.